The Morgan fingerprint density at radius 1 is 1.13 bits per heavy atom. The van der Waals surface area contributed by atoms with Gasteiger partial charge in [-0.05, 0) is 25.5 Å². The Kier molecular flexibility index (Phi) is 3.73. The van der Waals surface area contributed by atoms with Crippen molar-refractivity contribution in [2.75, 3.05) is 10.6 Å². The zero-order chi connectivity index (χ0) is 16.4. The Balaban J connectivity index is 1.88. The number of anilines is 2. The summed E-state index contributed by atoms with van der Waals surface area (Å²) >= 11 is 0. The summed E-state index contributed by atoms with van der Waals surface area (Å²) in [6.07, 6.45) is 0. The lowest BCUT2D eigenvalue weighted by Crippen LogP contribution is -2.47. The van der Waals surface area contributed by atoms with Crippen LogP contribution in [-0.4, -0.2) is 16.3 Å². The molecule has 0 spiro atoms. The van der Waals surface area contributed by atoms with Crippen molar-refractivity contribution >= 4 is 22.9 Å². The number of aliphatic imine (C=N–C) groups is 1. The first-order valence-corrected chi connectivity index (χ1v) is 7.38. The van der Waals surface area contributed by atoms with Gasteiger partial charge in [-0.1, -0.05) is 30.3 Å². The molecule has 2 N–H and O–H groups in total. The molecule has 0 aliphatic carbocycles. The van der Waals surface area contributed by atoms with Crippen molar-refractivity contribution in [3.8, 4) is 0 Å². The molecule has 0 radical (unpaired) electrons. The molecule has 6 heteroatoms. The fraction of sp³-hybridized carbons (Fsp3) is 0.235. The topological polar surface area (TPSA) is 79.6 Å². The molecular formula is C17H18N4O2. The fourth-order valence-corrected chi connectivity index (χ4v) is 2.53. The van der Waals surface area contributed by atoms with E-state index < -0.39 is 10.5 Å². The minimum Gasteiger partial charge on any atom is -0.371 e. The molecule has 1 heterocycles. The molecule has 118 valence electrons. The number of fused-ring (bicyclic) bond motifs is 1. The number of nitrogens with zero attached hydrogens (tertiary/aromatic N) is 2. The molecule has 0 saturated carbocycles. The van der Waals surface area contributed by atoms with Crippen molar-refractivity contribution in [3.05, 3.63) is 64.2 Å². The second-order valence-corrected chi connectivity index (χ2v) is 6.01. The summed E-state index contributed by atoms with van der Waals surface area (Å²) in [6, 6.07) is 14.7. The van der Waals surface area contributed by atoms with E-state index in [9.17, 15) is 10.1 Å². The van der Waals surface area contributed by atoms with Crippen LogP contribution >= 0.6 is 0 Å². The lowest BCUT2D eigenvalue weighted by molar-refractivity contribution is -0.384. The van der Waals surface area contributed by atoms with Crippen LogP contribution in [0.15, 0.2) is 53.5 Å². The largest absolute Gasteiger partial charge is 0.371 e. The number of non-ortho nitro benzene ring substituents is 1. The zero-order valence-corrected chi connectivity index (χ0v) is 13.0. The monoisotopic (exact) mass is 310 g/mol. The van der Waals surface area contributed by atoms with E-state index in [-0.39, 0.29) is 5.69 Å². The Morgan fingerprint density at radius 3 is 2.57 bits per heavy atom. The molecule has 0 bridgehead atoms. The minimum atomic E-state index is -0.434. The highest BCUT2D eigenvalue weighted by Crippen LogP contribution is 2.34. The van der Waals surface area contributed by atoms with Crippen molar-refractivity contribution in [1.82, 2.24) is 0 Å². The maximum atomic E-state index is 10.9. The summed E-state index contributed by atoms with van der Waals surface area (Å²) in [5.74, 6) is 0.808. The molecule has 3 rings (SSSR count). The molecule has 0 unspecified atom stereocenters. The first-order valence-electron chi connectivity index (χ1n) is 7.38. The van der Waals surface area contributed by atoms with Gasteiger partial charge in [-0.25, -0.2) is 0 Å². The summed E-state index contributed by atoms with van der Waals surface area (Å²) in [5, 5.41) is 17.5. The van der Waals surface area contributed by atoms with Gasteiger partial charge in [0, 0.05) is 12.1 Å². The van der Waals surface area contributed by atoms with E-state index in [4.69, 9.17) is 0 Å². The van der Waals surface area contributed by atoms with Crippen LogP contribution < -0.4 is 10.6 Å². The van der Waals surface area contributed by atoms with Crippen LogP contribution in [0.25, 0.3) is 0 Å². The molecule has 6 nitrogen and oxygen atoms in total. The average Bonchev–Trinajstić information content (AvgIpc) is 2.52. The van der Waals surface area contributed by atoms with E-state index in [0.29, 0.717) is 12.2 Å². The predicted octanol–water partition coefficient (Wildman–Crippen LogP) is 3.81. The third-order valence-electron chi connectivity index (χ3n) is 3.77. The van der Waals surface area contributed by atoms with Gasteiger partial charge in [-0.15, -0.1) is 0 Å². The first-order chi connectivity index (χ1) is 11.0. The Morgan fingerprint density at radius 2 is 1.87 bits per heavy atom. The van der Waals surface area contributed by atoms with E-state index in [1.54, 1.807) is 6.07 Å². The van der Waals surface area contributed by atoms with Crippen molar-refractivity contribution in [1.29, 1.82) is 0 Å². The summed E-state index contributed by atoms with van der Waals surface area (Å²) in [4.78, 5) is 15.2. The van der Waals surface area contributed by atoms with Crippen LogP contribution in [0.5, 0.6) is 0 Å². The lowest BCUT2D eigenvalue weighted by atomic mass is 9.99. The number of hydrogen-bond acceptors (Lipinski definition) is 4. The first kappa shape index (κ1) is 15.0. The molecule has 1 aliphatic heterocycles. The highest BCUT2D eigenvalue weighted by molar-refractivity contribution is 6.09. The van der Waals surface area contributed by atoms with Gasteiger partial charge in [0.15, 0.2) is 0 Å². The minimum absolute atomic E-state index is 0.0681. The Hall–Kier alpha value is -2.89. The van der Waals surface area contributed by atoms with Crippen LogP contribution in [0.3, 0.4) is 0 Å². The summed E-state index contributed by atoms with van der Waals surface area (Å²) in [5.41, 5.74) is 2.27. The number of amidine groups is 1. The summed E-state index contributed by atoms with van der Waals surface area (Å²) < 4.78 is 0. The van der Waals surface area contributed by atoms with Gasteiger partial charge >= 0.3 is 0 Å². The average molecular weight is 310 g/mol. The quantitative estimate of drug-likeness (QED) is 0.667. The molecule has 2 aromatic rings. The standard InChI is InChI=1S/C17H18N4O2/c1-17(2)16(18-11-12-6-4-3-5-7-12)19-14-9-8-13(21(22)23)10-15(14)20-17/h3-10,20H,11H2,1-2H3,(H,18,19). The lowest BCUT2D eigenvalue weighted by Gasteiger charge is -2.35. The fourth-order valence-electron chi connectivity index (χ4n) is 2.53. The number of rotatable bonds is 3. The number of hydrogen-bond donors (Lipinski definition) is 2. The maximum Gasteiger partial charge on any atom is 0.271 e. The third kappa shape index (κ3) is 3.15. The van der Waals surface area contributed by atoms with Crippen LogP contribution in [0.2, 0.25) is 0 Å². The van der Waals surface area contributed by atoms with E-state index in [1.807, 2.05) is 44.2 Å². The molecule has 0 aromatic heterocycles. The van der Waals surface area contributed by atoms with Crippen molar-refractivity contribution in [2.24, 2.45) is 4.99 Å². The number of benzene rings is 2. The summed E-state index contributed by atoms with van der Waals surface area (Å²) in [6.45, 7) is 4.56. The number of nitro benzene ring substituents is 1. The maximum absolute atomic E-state index is 10.9. The SMILES string of the molecule is CC1(C)Nc2cc([N+](=O)[O-])ccc2NC1=NCc1ccccc1. The van der Waals surface area contributed by atoms with Gasteiger partial charge in [0.1, 0.15) is 5.84 Å². The molecular weight excluding hydrogens is 292 g/mol. The highest BCUT2D eigenvalue weighted by atomic mass is 16.6. The zero-order valence-electron chi connectivity index (χ0n) is 13.0. The molecule has 0 amide bonds. The van der Waals surface area contributed by atoms with E-state index in [1.165, 1.54) is 12.1 Å². The van der Waals surface area contributed by atoms with Crippen LogP contribution in [0.4, 0.5) is 17.1 Å². The van der Waals surface area contributed by atoms with Crippen molar-refractivity contribution < 1.29 is 4.92 Å². The second-order valence-electron chi connectivity index (χ2n) is 6.01. The Labute approximate surface area is 134 Å². The third-order valence-corrected chi connectivity index (χ3v) is 3.77. The highest BCUT2D eigenvalue weighted by Gasteiger charge is 2.31. The normalized spacial score (nSPS) is 17.0. The van der Waals surface area contributed by atoms with Gasteiger partial charge in [-0.2, -0.15) is 0 Å². The van der Waals surface area contributed by atoms with Crippen LogP contribution in [0, 0.1) is 10.1 Å². The van der Waals surface area contributed by atoms with E-state index in [2.05, 4.69) is 15.6 Å². The van der Waals surface area contributed by atoms with Gasteiger partial charge < -0.3 is 10.6 Å². The molecule has 23 heavy (non-hydrogen) atoms. The van der Waals surface area contributed by atoms with Crippen LogP contribution in [0.1, 0.15) is 19.4 Å². The second kappa shape index (κ2) is 5.72. The van der Waals surface area contributed by atoms with E-state index >= 15 is 0 Å². The Bertz CT molecular complexity index is 769. The van der Waals surface area contributed by atoms with Crippen molar-refractivity contribution in [3.63, 3.8) is 0 Å². The van der Waals surface area contributed by atoms with Gasteiger partial charge in [0.25, 0.3) is 5.69 Å². The predicted molar refractivity (Wildman–Crippen MR) is 92.0 cm³/mol. The molecule has 1 aliphatic rings. The molecule has 2 aromatic carbocycles. The van der Waals surface area contributed by atoms with E-state index in [0.717, 1.165) is 17.1 Å². The molecule has 0 fully saturated rings. The smallest absolute Gasteiger partial charge is 0.271 e. The molecule has 0 atom stereocenters. The molecule has 0 saturated heterocycles. The van der Waals surface area contributed by atoms with Gasteiger partial charge in [0.2, 0.25) is 0 Å². The number of nitrogens with one attached hydrogen (secondary N) is 2. The van der Waals surface area contributed by atoms with Crippen LogP contribution in [-0.2, 0) is 6.54 Å². The number of nitro groups is 1. The van der Waals surface area contributed by atoms with Gasteiger partial charge in [0.05, 0.1) is 28.4 Å². The van der Waals surface area contributed by atoms with Crippen molar-refractivity contribution in [2.45, 2.75) is 25.9 Å². The van der Waals surface area contributed by atoms with Gasteiger partial charge in [-0.3, -0.25) is 15.1 Å². The summed E-state index contributed by atoms with van der Waals surface area (Å²) in [7, 11) is 0.